The maximum Gasteiger partial charge on any atom is 0.0547 e. The lowest BCUT2D eigenvalue weighted by Crippen LogP contribution is -2.10. The summed E-state index contributed by atoms with van der Waals surface area (Å²) in [7, 11) is 0. The van der Waals surface area contributed by atoms with Crippen LogP contribution in [0.4, 0.5) is 17.1 Å². The van der Waals surface area contributed by atoms with Crippen molar-refractivity contribution in [3.8, 4) is 55.6 Å². The van der Waals surface area contributed by atoms with Gasteiger partial charge in [0, 0.05) is 33.5 Å². The van der Waals surface area contributed by atoms with Gasteiger partial charge in [-0.05, 0) is 146 Å². The van der Waals surface area contributed by atoms with E-state index in [0.29, 0.717) is 0 Å². The van der Waals surface area contributed by atoms with Gasteiger partial charge in [-0.3, -0.25) is 0 Å². The molecule has 0 radical (unpaired) electrons. The summed E-state index contributed by atoms with van der Waals surface area (Å²) in [4.78, 5) is 2.43. The van der Waals surface area contributed by atoms with Gasteiger partial charge < -0.3 is 9.47 Å². The number of hydrogen-bond donors (Lipinski definition) is 0. The van der Waals surface area contributed by atoms with Crippen molar-refractivity contribution < 1.29 is 0 Å². The molecule has 66 heavy (non-hydrogen) atoms. The van der Waals surface area contributed by atoms with E-state index in [1.807, 2.05) is 0 Å². The minimum atomic E-state index is 1.04. The molecule has 1 aliphatic rings. The van der Waals surface area contributed by atoms with Crippen LogP contribution in [0.15, 0.2) is 255 Å². The molecule has 12 rings (SSSR count). The average Bonchev–Trinajstić information content (AvgIpc) is 3.72. The lowest BCUT2D eigenvalue weighted by atomic mass is 9.94. The van der Waals surface area contributed by atoms with Crippen LogP contribution < -0.4 is 4.90 Å². The summed E-state index contributed by atoms with van der Waals surface area (Å²) in [5.74, 6) is 0. The highest BCUT2D eigenvalue weighted by molar-refractivity contribution is 6.19. The van der Waals surface area contributed by atoms with Gasteiger partial charge >= 0.3 is 0 Å². The molecule has 0 atom stereocenters. The van der Waals surface area contributed by atoms with Gasteiger partial charge in [-0.2, -0.15) is 0 Å². The van der Waals surface area contributed by atoms with E-state index in [9.17, 15) is 0 Å². The maximum absolute atomic E-state index is 2.48. The lowest BCUT2D eigenvalue weighted by Gasteiger charge is -2.28. The van der Waals surface area contributed by atoms with Gasteiger partial charge in [-0.1, -0.05) is 188 Å². The molecular formula is C64H46N2. The Bertz CT molecular complexity index is 3560. The standard InChI is InChI=1S/C64H46N2/c1-5-19-45(20-6-1)52-39-53(46-21-7-2-8-22-46)42-57(41-52)65(55-37-35-48(36-38-55)59-32-16-15-31-58(59)47-23-9-3-10-24-47)56-30-17-27-51(40-56)60-33-18-34-62-64(60)61-43-49-25-13-14-26-50(49)44-63(61)66(62)54-28-11-4-12-29-54/h1-3,5-11,13-44H,4,12H2. The van der Waals surface area contributed by atoms with Crippen molar-refractivity contribution in [2.24, 2.45) is 0 Å². The topological polar surface area (TPSA) is 8.17 Å². The van der Waals surface area contributed by atoms with Gasteiger partial charge in [-0.15, -0.1) is 0 Å². The van der Waals surface area contributed by atoms with E-state index in [-0.39, 0.29) is 0 Å². The van der Waals surface area contributed by atoms with Gasteiger partial charge in [0.1, 0.15) is 0 Å². The average molecular weight is 843 g/mol. The minimum absolute atomic E-state index is 1.04. The molecule has 1 heterocycles. The van der Waals surface area contributed by atoms with Crippen LogP contribution in [0.3, 0.4) is 0 Å². The number of hydrogen-bond acceptors (Lipinski definition) is 1. The molecule has 0 N–H and O–H groups in total. The first kappa shape index (κ1) is 39.2. The molecule has 0 saturated heterocycles. The summed E-state index contributed by atoms with van der Waals surface area (Å²) in [5, 5.41) is 5.02. The van der Waals surface area contributed by atoms with Crippen molar-refractivity contribution in [3.63, 3.8) is 0 Å². The van der Waals surface area contributed by atoms with Crippen LogP contribution in [0.5, 0.6) is 0 Å². The summed E-state index contributed by atoms with van der Waals surface area (Å²) in [6.45, 7) is 0. The second-order valence-corrected chi connectivity index (χ2v) is 17.2. The Balaban J connectivity index is 1.06. The zero-order valence-electron chi connectivity index (χ0n) is 36.6. The fraction of sp³-hybridized carbons (Fsp3) is 0.0312. The molecule has 2 nitrogen and oxygen atoms in total. The number of nitrogens with zero attached hydrogens (tertiary/aromatic N) is 2. The van der Waals surface area contributed by atoms with Gasteiger partial charge in [0.05, 0.1) is 11.0 Å². The molecule has 0 spiro atoms. The number of allylic oxidation sites excluding steroid dienone is 4. The molecule has 11 aromatic rings. The molecular weight excluding hydrogens is 797 g/mol. The summed E-state index contributed by atoms with van der Waals surface area (Å²) >= 11 is 0. The fourth-order valence-corrected chi connectivity index (χ4v) is 10.0. The Hall–Kier alpha value is -8.46. The highest BCUT2D eigenvalue weighted by atomic mass is 15.1. The first-order valence-corrected chi connectivity index (χ1v) is 23.0. The Morgan fingerprint density at radius 2 is 0.879 bits per heavy atom. The summed E-state index contributed by atoms with van der Waals surface area (Å²) in [6.07, 6.45) is 9.10. The minimum Gasteiger partial charge on any atom is -0.310 e. The first-order valence-electron chi connectivity index (χ1n) is 23.0. The molecule has 0 bridgehead atoms. The van der Waals surface area contributed by atoms with E-state index in [1.165, 1.54) is 82.8 Å². The molecule has 10 aromatic carbocycles. The molecule has 0 aliphatic heterocycles. The third-order valence-corrected chi connectivity index (χ3v) is 13.1. The van der Waals surface area contributed by atoms with Crippen molar-refractivity contribution >= 4 is 55.3 Å². The van der Waals surface area contributed by atoms with Crippen LogP contribution in [0.25, 0.3) is 93.9 Å². The quantitative estimate of drug-likeness (QED) is 0.141. The number of fused-ring (bicyclic) bond motifs is 4. The molecule has 0 saturated carbocycles. The van der Waals surface area contributed by atoms with E-state index < -0.39 is 0 Å². The van der Waals surface area contributed by atoms with Crippen molar-refractivity contribution in [1.29, 1.82) is 0 Å². The van der Waals surface area contributed by atoms with E-state index in [1.54, 1.807) is 0 Å². The maximum atomic E-state index is 2.48. The van der Waals surface area contributed by atoms with E-state index in [0.717, 1.165) is 41.0 Å². The zero-order chi connectivity index (χ0) is 43.8. The van der Waals surface area contributed by atoms with Gasteiger partial charge in [0.25, 0.3) is 0 Å². The van der Waals surface area contributed by atoms with Gasteiger partial charge in [0.2, 0.25) is 0 Å². The predicted octanol–water partition coefficient (Wildman–Crippen LogP) is 17.9. The van der Waals surface area contributed by atoms with Gasteiger partial charge in [-0.25, -0.2) is 0 Å². The van der Waals surface area contributed by atoms with Gasteiger partial charge in [0.15, 0.2) is 0 Å². The number of rotatable bonds is 9. The third kappa shape index (κ3) is 7.19. The highest BCUT2D eigenvalue weighted by Crippen LogP contribution is 2.45. The summed E-state index contributed by atoms with van der Waals surface area (Å²) < 4.78 is 2.48. The molecule has 0 unspecified atom stereocenters. The summed E-state index contributed by atoms with van der Waals surface area (Å²) in [6, 6.07) is 86.5. The number of benzene rings is 10. The third-order valence-electron chi connectivity index (χ3n) is 13.1. The number of anilines is 3. The van der Waals surface area contributed by atoms with Crippen LogP contribution in [0.1, 0.15) is 12.8 Å². The second kappa shape index (κ2) is 16.9. The molecule has 0 fully saturated rings. The monoisotopic (exact) mass is 842 g/mol. The van der Waals surface area contributed by atoms with Crippen molar-refractivity contribution in [2.45, 2.75) is 12.8 Å². The smallest absolute Gasteiger partial charge is 0.0547 e. The molecule has 312 valence electrons. The number of aromatic nitrogens is 1. The Kier molecular flexibility index (Phi) is 10.0. The van der Waals surface area contributed by atoms with Crippen LogP contribution in [0.2, 0.25) is 0 Å². The predicted molar refractivity (Wildman–Crippen MR) is 281 cm³/mol. The Labute approximate surface area is 386 Å². The SMILES string of the molecule is C1=CC(n2c3cc4ccccc4cc3c3c(-c4cccc(N(c5ccc(-c6ccccc6-c6ccccc6)cc5)c5cc(-c6ccccc6)cc(-c6ccccc6)c5)c4)cccc32)=CCC1. The van der Waals surface area contributed by atoms with Crippen molar-refractivity contribution in [2.75, 3.05) is 4.90 Å². The van der Waals surface area contributed by atoms with E-state index >= 15 is 0 Å². The zero-order valence-corrected chi connectivity index (χ0v) is 36.6. The Morgan fingerprint density at radius 1 is 0.333 bits per heavy atom. The molecule has 2 heteroatoms. The van der Waals surface area contributed by atoms with Crippen LogP contribution in [-0.4, -0.2) is 4.57 Å². The molecule has 1 aromatic heterocycles. The highest BCUT2D eigenvalue weighted by Gasteiger charge is 2.21. The van der Waals surface area contributed by atoms with Crippen molar-refractivity contribution in [1.82, 2.24) is 4.57 Å². The normalized spacial score (nSPS) is 12.5. The van der Waals surface area contributed by atoms with E-state index in [4.69, 9.17) is 0 Å². The lowest BCUT2D eigenvalue weighted by molar-refractivity contribution is 1.02. The van der Waals surface area contributed by atoms with Crippen LogP contribution >= 0.6 is 0 Å². The molecule has 0 amide bonds. The first-order chi connectivity index (χ1) is 32.7. The van der Waals surface area contributed by atoms with Crippen LogP contribution in [0, 0.1) is 0 Å². The van der Waals surface area contributed by atoms with Crippen molar-refractivity contribution in [3.05, 3.63) is 255 Å². The molecule has 1 aliphatic carbocycles. The van der Waals surface area contributed by atoms with E-state index in [2.05, 4.69) is 264 Å². The van der Waals surface area contributed by atoms with Crippen LogP contribution in [-0.2, 0) is 0 Å². The summed E-state index contributed by atoms with van der Waals surface area (Å²) in [5.41, 5.74) is 18.8. The largest absolute Gasteiger partial charge is 0.310 e. The second-order valence-electron chi connectivity index (χ2n) is 17.2. The Morgan fingerprint density at radius 3 is 1.53 bits per heavy atom. The fourth-order valence-electron chi connectivity index (χ4n) is 10.0.